The SMILES string of the molecule is [B]C(O)(C(C=C(N)c1nccc2c1C(O)(O)C(O)(O)NC2=O)=NC)c1cc(F)cc(C(F)F)c1. The fourth-order valence-electron chi connectivity index (χ4n) is 3.38. The van der Waals surface area contributed by atoms with Gasteiger partial charge in [-0.2, -0.15) is 0 Å². The molecule has 178 valence electrons. The highest BCUT2D eigenvalue weighted by molar-refractivity contribution is 6.32. The molecule has 2 radical (unpaired) electrons. The van der Waals surface area contributed by atoms with E-state index >= 15 is 0 Å². The molecule has 1 aliphatic heterocycles. The Morgan fingerprint density at radius 3 is 2.53 bits per heavy atom. The topological polar surface area (TPSA) is 182 Å². The first-order chi connectivity index (χ1) is 15.6. The minimum absolute atomic E-state index is 0.422. The second kappa shape index (κ2) is 8.49. The summed E-state index contributed by atoms with van der Waals surface area (Å²) >= 11 is 0. The largest absolute Gasteiger partial charge is 0.397 e. The molecule has 0 saturated carbocycles. The molecule has 1 aromatic heterocycles. The zero-order chi connectivity index (χ0) is 25.6. The molecule has 0 saturated heterocycles. The standard InChI is InChI=1S/C20H18BF3N4O6/c1-26-13(18(21,30)9-4-8(16(23)24)5-10(22)6-9)7-12(25)15-14-11(2-3-27-15)17(29)28-20(33,34)19(14,31)32/h2-7,16,30-34H,25H2,1H3,(H,28,29). The number of carbonyl (C=O) groups is 1. The molecular formula is C20H18BF3N4O6. The Balaban J connectivity index is 2.15. The maximum absolute atomic E-state index is 13.9. The molecule has 0 spiro atoms. The summed E-state index contributed by atoms with van der Waals surface area (Å²) in [6.45, 7) is 0. The van der Waals surface area contributed by atoms with Crippen molar-refractivity contribution >= 4 is 25.2 Å². The van der Waals surface area contributed by atoms with Crippen molar-refractivity contribution in [2.45, 2.75) is 23.6 Å². The van der Waals surface area contributed by atoms with E-state index in [9.17, 15) is 43.5 Å². The van der Waals surface area contributed by atoms with Crippen LogP contribution in [0.1, 0.15) is 39.2 Å². The van der Waals surface area contributed by atoms with Crippen LogP contribution in [0.4, 0.5) is 13.2 Å². The van der Waals surface area contributed by atoms with Gasteiger partial charge in [0.15, 0.2) is 0 Å². The number of rotatable bonds is 5. The molecule has 1 aromatic carbocycles. The van der Waals surface area contributed by atoms with Crippen molar-refractivity contribution in [1.82, 2.24) is 10.3 Å². The smallest absolute Gasteiger partial charge is 0.308 e. The first-order valence-corrected chi connectivity index (χ1v) is 9.40. The van der Waals surface area contributed by atoms with E-state index in [1.807, 2.05) is 0 Å². The van der Waals surface area contributed by atoms with E-state index in [1.54, 1.807) is 5.32 Å². The van der Waals surface area contributed by atoms with Crippen LogP contribution in [-0.2, 0) is 11.3 Å². The van der Waals surface area contributed by atoms with Gasteiger partial charge in [-0.3, -0.25) is 20.1 Å². The van der Waals surface area contributed by atoms with Crippen molar-refractivity contribution in [1.29, 1.82) is 0 Å². The van der Waals surface area contributed by atoms with E-state index in [1.165, 1.54) is 0 Å². The maximum atomic E-state index is 13.9. The minimum Gasteiger partial charge on any atom is -0.397 e. The van der Waals surface area contributed by atoms with Gasteiger partial charge in [0.25, 0.3) is 18.1 Å². The molecule has 8 N–H and O–H groups in total. The summed E-state index contributed by atoms with van der Waals surface area (Å²) in [6.07, 6.45) is -1.17. The predicted molar refractivity (Wildman–Crippen MR) is 112 cm³/mol. The molecule has 0 aliphatic carbocycles. The summed E-state index contributed by atoms with van der Waals surface area (Å²) in [6, 6.07) is 3.06. The summed E-state index contributed by atoms with van der Waals surface area (Å²) in [5.74, 6) is -9.23. The van der Waals surface area contributed by atoms with Gasteiger partial charge >= 0.3 is 5.91 Å². The lowest BCUT2D eigenvalue weighted by Gasteiger charge is -2.40. The van der Waals surface area contributed by atoms with Gasteiger partial charge in [-0.15, -0.1) is 0 Å². The van der Waals surface area contributed by atoms with E-state index in [0.717, 1.165) is 31.5 Å². The van der Waals surface area contributed by atoms with E-state index in [4.69, 9.17) is 13.6 Å². The van der Waals surface area contributed by atoms with E-state index in [-0.39, 0.29) is 0 Å². The third-order valence-corrected chi connectivity index (χ3v) is 5.13. The Morgan fingerprint density at radius 2 is 1.94 bits per heavy atom. The number of alkyl halides is 2. The van der Waals surface area contributed by atoms with Gasteiger partial charge in [-0.05, 0) is 35.9 Å². The highest BCUT2D eigenvalue weighted by Gasteiger charge is 2.57. The Bertz CT molecular complexity index is 1220. The first-order valence-electron chi connectivity index (χ1n) is 9.40. The van der Waals surface area contributed by atoms with E-state index in [0.29, 0.717) is 12.1 Å². The van der Waals surface area contributed by atoms with Crippen molar-refractivity contribution in [3.05, 3.63) is 70.3 Å². The molecule has 34 heavy (non-hydrogen) atoms. The maximum Gasteiger partial charge on any atom is 0.308 e. The molecular weight excluding hydrogens is 460 g/mol. The number of amides is 1. The average molecular weight is 478 g/mol. The monoisotopic (exact) mass is 478 g/mol. The zero-order valence-corrected chi connectivity index (χ0v) is 17.4. The number of aromatic nitrogens is 1. The number of pyridine rings is 1. The summed E-state index contributed by atoms with van der Waals surface area (Å²) in [4.78, 5) is 19.8. The molecule has 1 unspecified atom stereocenters. The van der Waals surface area contributed by atoms with Crippen molar-refractivity contribution < 1.29 is 43.5 Å². The molecule has 1 aliphatic rings. The number of nitrogens with one attached hydrogen (secondary N) is 1. The summed E-state index contributed by atoms with van der Waals surface area (Å²) in [5.41, 5.74) is -0.711. The number of halogens is 3. The predicted octanol–water partition coefficient (Wildman–Crippen LogP) is -0.938. The zero-order valence-electron chi connectivity index (χ0n) is 17.4. The molecule has 2 heterocycles. The van der Waals surface area contributed by atoms with E-state index in [2.05, 4.69) is 9.98 Å². The van der Waals surface area contributed by atoms with Crippen LogP contribution in [0, 0.1) is 5.82 Å². The number of carbonyl (C=O) groups excluding carboxylic acids is 1. The van der Waals surface area contributed by atoms with Gasteiger partial charge in [0.1, 0.15) is 13.7 Å². The average Bonchev–Trinajstić information content (AvgIpc) is 2.74. The highest BCUT2D eigenvalue weighted by atomic mass is 19.3. The van der Waals surface area contributed by atoms with Gasteiger partial charge in [0.05, 0.1) is 33.7 Å². The quantitative estimate of drug-likeness (QED) is 0.163. The van der Waals surface area contributed by atoms with Crippen molar-refractivity contribution in [2.24, 2.45) is 10.7 Å². The summed E-state index contributed by atoms with van der Waals surface area (Å²) in [7, 11) is 7.00. The van der Waals surface area contributed by atoms with Crippen LogP contribution in [0.25, 0.3) is 5.70 Å². The molecule has 14 heteroatoms. The second-order valence-corrected chi connectivity index (χ2v) is 7.43. The number of nitrogens with zero attached hydrogens (tertiary/aromatic N) is 2. The fourth-order valence-corrected chi connectivity index (χ4v) is 3.38. The first kappa shape index (κ1) is 25.3. The van der Waals surface area contributed by atoms with Crippen molar-refractivity contribution in [3.63, 3.8) is 0 Å². The third-order valence-electron chi connectivity index (χ3n) is 5.13. The Hall–Kier alpha value is -3.30. The van der Waals surface area contributed by atoms with Crippen LogP contribution >= 0.6 is 0 Å². The number of hydrogen-bond donors (Lipinski definition) is 7. The van der Waals surface area contributed by atoms with Gasteiger partial charge < -0.3 is 31.3 Å². The number of aliphatic hydroxyl groups is 5. The number of nitrogens with two attached hydrogens (primary N) is 1. The van der Waals surface area contributed by atoms with Crippen LogP contribution < -0.4 is 11.1 Å². The molecule has 0 fully saturated rings. The number of fused-ring (bicyclic) bond motifs is 1. The summed E-state index contributed by atoms with van der Waals surface area (Å²) < 4.78 is 40.0. The normalized spacial score (nSPS) is 19.4. The lowest BCUT2D eigenvalue weighted by Crippen LogP contribution is -2.66. The second-order valence-electron chi connectivity index (χ2n) is 7.43. The van der Waals surface area contributed by atoms with Crippen LogP contribution in [0.5, 0.6) is 0 Å². The van der Waals surface area contributed by atoms with Gasteiger partial charge in [0, 0.05) is 18.8 Å². The number of benzene rings is 1. The van der Waals surface area contributed by atoms with Crippen molar-refractivity contribution in [3.8, 4) is 0 Å². The number of hydrogen-bond acceptors (Lipinski definition) is 9. The third kappa shape index (κ3) is 4.17. The lowest BCUT2D eigenvalue weighted by atomic mass is 9.71. The van der Waals surface area contributed by atoms with Gasteiger partial charge in [-0.1, -0.05) is 0 Å². The Labute approximate surface area is 191 Å². The van der Waals surface area contributed by atoms with Gasteiger partial charge in [-0.25, -0.2) is 13.2 Å². The highest BCUT2D eigenvalue weighted by Crippen LogP contribution is 2.37. The lowest BCUT2D eigenvalue weighted by molar-refractivity contribution is -0.376. The minimum atomic E-state index is -3.53. The molecule has 0 bridgehead atoms. The Kier molecular flexibility index (Phi) is 6.32. The molecule has 1 atom stereocenters. The van der Waals surface area contributed by atoms with E-state index < -0.39 is 74.7 Å². The Morgan fingerprint density at radius 1 is 1.29 bits per heavy atom. The molecule has 2 aromatic rings. The van der Waals surface area contributed by atoms with Crippen LogP contribution in [0.3, 0.4) is 0 Å². The summed E-state index contributed by atoms with van der Waals surface area (Å²) in [5, 5.41) is 52.9. The molecule has 1 amide bonds. The molecule has 3 rings (SSSR count). The van der Waals surface area contributed by atoms with Crippen LogP contribution in [0.2, 0.25) is 0 Å². The van der Waals surface area contributed by atoms with Crippen molar-refractivity contribution in [2.75, 3.05) is 7.05 Å². The van der Waals surface area contributed by atoms with Gasteiger partial charge in [0.2, 0.25) is 0 Å². The molecule has 10 nitrogen and oxygen atoms in total. The van der Waals surface area contributed by atoms with Crippen LogP contribution in [-0.4, -0.2) is 62.9 Å². The fraction of sp³-hybridized carbons (Fsp3) is 0.250. The number of aliphatic imine (C=N–C) groups is 1. The van der Waals surface area contributed by atoms with Crippen LogP contribution in [0.15, 0.2) is 41.5 Å².